The largest absolute Gasteiger partial charge is 0.356 e. The highest BCUT2D eigenvalue weighted by atomic mass is 32.2. The molecule has 9 heteroatoms. The molecule has 0 radical (unpaired) electrons. The van der Waals surface area contributed by atoms with E-state index >= 15 is 0 Å². The van der Waals surface area contributed by atoms with Gasteiger partial charge in [0.25, 0.3) is 5.91 Å². The Balaban J connectivity index is 1.62. The number of hydrogen-bond donors (Lipinski definition) is 2. The Hall–Kier alpha value is -2.55. The van der Waals surface area contributed by atoms with Crippen LogP contribution in [-0.2, 0) is 16.1 Å². The zero-order valence-electron chi connectivity index (χ0n) is 18.1. The predicted octanol–water partition coefficient (Wildman–Crippen LogP) is 4.95. The SMILES string of the molecule is CS(=N)(=O)c1cccc(NC(=O)c2ccc(CC3CC3)nc2N2CCCC(F)(F)CC2)c1. The minimum absolute atomic E-state index is 0.138. The zero-order valence-corrected chi connectivity index (χ0v) is 18.9. The molecule has 2 N–H and O–H groups in total. The molecule has 2 heterocycles. The fourth-order valence-electron chi connectivity index (χ4n) is 3.93. The third-order valence-corrected chi connectivity index (χ3v) is 7.08. The fourth-order valence-corrected chi connectivity index (χ4v) is 4.62. The molecule has 0 bridgehead atoms. The van der Waals surface area contributed by atoms with Crippen molar-refractivity contribution in [2.45, 2.75) is 49.3 Å². The summed E-state index contributed by atoms with van der Waals surface area (Å²) in [6.45, 7) is 0.557. The summed E-state index contributed by atoms with van der Waals surface area (Å²) < 4.78 is 47.7. The number of alkyl halides is 2. The molecule has 1 saturated heterocycles. The standard InChI is InChI=1S/C23H28F2N4O2S/c1-32(26,31)19-5-2-4-17(15-19)28-22(30)20-9-8-18(14-16-6-7-16)27-21(20)29-12-3-10-23(24,25)11-13-29/h2,4-5,8-9,15-16,26H,3,6-7,10-14H2,1H3,(H,28,30). The molecule has 4 rings (SSSR count). The lowest BCUT2D eigenvalue weighted by atomic mass is 10.1. The summed E-state index contributed by atoms with van der Waals surface area (Å²) in [5.41, 5.74) is 1.62. The number of amides is 1. The molecule has 2 fully saturated rings. The van der Waals surface area contributed by atoms with Gasteiger partial charge in [-0.25, -0.2) is 22.8 Å². The van der Waals surface area contributed by atoms with E-state index in [1.54, 1.807) is 29.2 Å². The van der Waals surface area contributed by atoms with Crippen molar-refractivity contribution in [3.05, 3.63) is 47.7 Å². The summed E-state index contributed by atoms with van der Waals surface area (Å²) >= 11 is 0. The summed E-state index contributed by atoms with van der Waals surface area (Å²) in [5, 5.41) is 2.79. The first-order chi connectivity index (χ1) is 15.1. The minimum Gasteiger partial charge on any atom is -0.356 e. The second-order valence-electron chi connectivity index (χ2n) is 8.84. The van der Waals surface area contributed by atoms with Gasteiger partial charge in [-0.15, -0.1) is 0 Å². The lowest BCUT2D eigenvalue weighted by Gasteiger charge is -2.24. The predicted molar refractivity (Wildman–Crippen MR) is 121 cm³/mol. The number of rotatable bonds is 6. The van der Waals surface area contributed by atoms with Crippen LogP contribution in [0.2, 0.25) is 0 Å². The molecule has 2 aromatic rings. The van der Waals surface area contributed by atoms with E-state index in [9.17, 15) is 17.8 Å². The van der Waals surface area contributed by atoms with Gasteiger partial charge in [0.05, 0.1) is 15.3 Å². The van der Waals surface area contributed by atoms with Crippen molar-refractivity contribution in [2.24, 2.45) is 5.92 Å². The molecule has 172 valence electrons. The number of carbonyl (C=O) groups excluding carboxylic acids is 1. The van der Waals surface area contributed by atoms with E-state index in [1.165, 1.54) is 25.2 Å². The number of nitrogens with one attached hydrogen (secondary N) is 2. The van der Waals surface area contributed by atoms with Crippen molar-refractivity contribution in [3.63, 3.8) is 0 Å². The van der Waals surface area contributed by atoms with Crippen LogP contribution < -0.4 is 10.2 Å². The monoisotopic (exact) mass is 462 g/mol. The Morgan fingerprint density at radius 1 is 1.25 bits per heavy atom. The van der Waals surface area contributed by atoms with Gasteiger partial charge in [0.15, 0.2) is 0 Å². The third-order valence-electron chi connectivity index (χ3n) is 5.93. The molecule has 0 spiro atoms. The van der Waals surface area contributed by atoms with E-state index in [1.807, 2.05) is 6.07 Å². The fraction of sp³-hybridized carbons (Fsp3) is 0.478. The summed E-state index contributed by atoms with van der Waals surface area (Å²) in [7, 11) is -2.92. The topological polar surface area (TPSA) is 86.2 Å². The van der Waals surface area contributed by atoms with Gasteiger partial charge in [0.2, 0.25) is 5.92 Å². The summed E-state index contributed by atoms with van der Waals surface area (Å²) in [4.78, 5) is 20.0. The second kappa shape index (κ2) is 8.77. The summed E-state index contributed by atoms with van der Waals surface area (Å²) in [6.07, 6.45) is 4.39. The highest BCUT2D eigenvalue weighted by molar-refractivity contribution is 7.91. The number of hydrogen-bond acceptors (Lipinski definition) is 5. The van der Waals surface area contributed by atoms with E-state index in [4.69, 9.17) is 9.76 Å². The number of nitrogens with zero attached hydrogens (tertiary/aromatic N) is 2. The van der Waals surface area contributed by atoms with Gasteiger partial charge in [-0.1, -0.05) is 6.07 Å². The molecule has 32 heavy (non-hydrogen) atoms. The van der Waals surface area contributed by atoms with Crippen molar-refractivity contribution in [3.8, 4) is 0 Å². The Kier molecular flexibility index (Phi) is 6.20. The van der Waals surface area contributed by atoms with Gasteiger partial charge in [-0.05, 0) is 61.9 Å². The van der Waals surface area contributed by atoms with Crippen molar-refractivity contribution in [1.82, 2.24) is 4.98 Å². The number of aromatic nitrogens is 1. The highest BCUT2D eigenvalue weighted by Crippen LogP contribution is 2.34. The first-order valence-corrected chi connectivity index (χ1v) is 12.9. The van der Waals surface area contributed by atoms with E-state index < -0.39 is 21.6 Å². The van der Waals surface area contributed by atoms with Crippen LogP contribution in [0, 0.1) is 10.7 Å². The Bertz CT molecular complexity index is 1120. The molecule has 1 atom stereocenters. The van der Waals surface area contributed by atoms with Crippen LogP contribution >= 0.6 is 0 Å². The summed E-state index contributed by atoms with van der Waals surface area (Å²) in [6, 6.07) is 9.96. The average Bonchev–Trinajstić information content (AvgIpc) is 3.55. The van der Waals surface area contributed by atoms with E-state index in [0.29, 0.717) is 40.8 Å². The van der Waals surface area contributed by atoms with Crippen molar-refractivity contribution in [1.29, 1.82) is 4.78 Å². The van der Waals surface area contributed by atoms with Crippen LogP contribution in [0.1, 0.15) is 48.2 Å². The van der Waals surface area contributed by atoms with Crippen LogP contribution in [-0.4, -0.2) is 40.4 Å². The average molecular weight is 463 g/mol. The minimum atomic E-state index is -2.92. The van der Waals surface area contributed by atoms with E-state index in [2.05, 4.69) is 5.32 Å². The van der Waals surface area contributed by atoms with Gasteiger partial charge in [0.1, 0.15) is 5.82 Å². The number of pyridine rings is 1. The maximum absolute atomic E-state index is 13.9. The molecule has 1 aliphatic carbocycles. The molecular formula is C23H28F2N4O2S. The highest BCUT2D eigenvalue weighted by Gasteiger charge is 2.33. The number of halogens is 2. The number of carbonyl (C=O) groups is 1. The number of benzene rings is 1. The molecular weight excluding hydrogens is 434 g/mol. The van der Waals surface area contributed by atoms with E-state index in [-0.39, 0.29) is 19.4 Å². The van der Waals surface area contributed by atoms with Crippen molar-refractivity contribution in [2.75, 3.05) is 29.6 Å². The molecule has 6 nitrogen and oxygen atoms in total. The Morgan fingerprint density at radius 2 is 2.03 bits per heavy atom. The summed E-state index contributed by atoms with van der Waals surface area (Å²) in [5.74, 6) is -2.06. The van der Waals surface area contributed by atoms with Gasteiger partial charge >= 0.3 is 0 Å². The molecule has 2 aliphatic rings. The van der Waals surface area contributed by atoms with Crippen LogP contribution in [0.3, 0.4) is 0 Å². The molecule has 1 unspecified atom stereocenters. The quantitative estimate of drug-likeness (QED) is 0.636. The second-order valence-corrected chi connectivity index (χ2v) is 11.0. The van der Waals surface area contributed by atoms with Crippen LogP contribution in [0.15, 0.2) is 41.3 Å². The van der Waals surface area contributed by atoms with Gasteiger partial charge in [-0.2, -0.15) is 0 Å². The zero-order chi connectivity index (χ0) is 22.9. The lowest BCUT2D eigenvalue weighted by molar-refractivity contribution is -0.0102. The third kappa shape index (κ3) is 5.62. The molecule has 1 aromatic carbocycles. The van der Waals surface area contributed by atoms with Gasteiger partial charge < -0.3 is 10.2 Å². The maximum atomic E-state index is 13.9. The normalized spacial score (nSPS) is 20.3. The van der Waals surface area contributed by atoms with Gasteiger partial charge in [0, 0.05) is 48.5 Å². The first-order valence-electron chi connectivity index (χ1n) is 10.9. The van der Waals surface area contributed by atoms with Gasteiger partial charge in [-0.3, -0.25) is 4.79 Å². The van der Waals surface area contributed by atoms with Crippen LogP contribution in [0.4, 0.5) is 20.3 Å². The van der Waals surface area contributed by atoms with Crippen molar-refractivity contribution >= 4 is 27.1 Å². The Morgan fingerprint density at radius 3 is 2.75 bits per heavy atom. The lowest BCUT2D eigenvalue weighted by Crippen LogP contribution is -2.29. The van der Waals surface area contributed by atoms with Crippen LogP contribution in [0.5, 0.6) is 0 Å². The molecule has 1 aromatic heterocycles. The molecule has 1 aliphatic heterocycles. The molecule has 1 amide bonds. The Labute approximate surface area is 187 Å². The number of anilines is 2. The molecule has 1 saturated carbocycles. The van der Waals surface area contributed by atoms with Crippen molar-refractivity contribution < 1.29 is 17.8 Å². The van der Waals surface area contributed by atoms with Crippen LogP contribution in [0.25, 0.3) is 0 Å². The first kappa shape index (κ1) is 22.6. The smallest absolute Gasteiger partial charge is 0.259 e. The maximum Gasteiger partial charge on any atom is 0.259 e. The van der Waals surface area contributed by atoms with E-state index in [0.717, 1.165) is 12.1 Å².